The van der Waals surface area contributed by atoms with Crippen LogP contribution < -0.4 is 4.74 Å². The molecule has 1 N–H and O–H groups in total. The number of allylic oxidation sites excluding steroid dienone is 4. The molecule has 0 spiro atoms. The quantitative estimate of drug-likeness (QED) is 0.251. The van der Waals surface area contributed by atoms with E-state index in [1.165, 1.54) is 24.3 Å². The molecule has 4 aliphatic rings. The minimum atomic E-state index is -1.05. The molecule has 0 radical (unpaired) electrons. The lowest BCUT2D eigenvalue weighted by Gasteiger charge is -2.58. The van der Waals surface area contributed by atoms with Crippen molar-refractivity contribution in [2.45, 2.75) is 52.6 Å². The Labute approximate surface area is 221 Å². The topological polar surface area (TPSA) is 133 Å². The summed E-state index contributed by atoms with van der Waals surface area (Å²) in [7, 11) is 0. The summed E-state index contributed by atoms with van der Waals surface area (Å²) in [5, 5.41) is 22.3. The number of hydrogen-bond acceptors (Lipinski definition) is 8. The van der Waals surface area contributed by atoms with E-state index in [2.05, 4.69) is 20.8 Å². The molecule has 1 aromatic rings. The summed E-state index contributed by atoms with van der Waals surface area (Å²) in [6, 6.07) is 4.99. The van der Waals surface area contributed by atoms with Crippen molar-refractivity contribution in [3.05, 3.63) is 58.2 Å². The summed E-state index contributed by atoms with van der Waals surface area (Å²) >= 11 is 0. The van der Waals surface area contributed by atoms with Gasteiger partial charge in [0.05, 0.1) is 11.0 Å². The van der Waals surface area contributed by atoms with Crippen LogP contribution in [0.5, 0.6) is 5.75 Å². The number of hydrogen-bond donors (Lipinski definition) is 1. The lowest BCUT2D eigenvalue weighted by Crippen LogP contribution is -2.56. The highest BCUT2D eigenvalue weighted by Gasteiger charge is 2.64. The number of fused-ring (bicyclic) bond motifs is 5. The van der Waals surface area contributed by atoms with Crippen LogP contribution in [-0.4, -0.2) is 40.5 Å². The number of ketones is 2. The Morgan fingerprint density at radius 2 is 1.92 bits per heavy atom. The molecule has 8 atom stereocenters. The summed E-state index contributed by atoms with van der Waals surface area (Å²) in [5.41, 5.74) is 0.151. The first-order valence-corrected chi connectivity index (χ1v) is 13.2. The molecule has 0 aromatic heterocycles. The van der Waals surface area contributed by atoms with E-state index in [9.17, 15) is 29.6 Å². The first-order chi connectivity index (χ1) is 17.9. The molecule has 0 amide bonds. The predicted molar refractivity (Wildman–Crippen MR) is 136 cm³/mol. The van der Waals surface area contributed by atoms with Crippen LogP contribution in [0.25, 0.3) is 0 Å². The molecule has 3 fully saturated rings. The Bertz CT molecular complexity index is 1240. The summed E-state index contributed by atoms with van der Waals surface area (Å²) in [4.78, 5) is 47.9. The van der Waals surface area contributed by atoms with Crippen LogP contribution in [0.3, 0.4) is 0 Å². The summed E-state index contributed by atoms with van der Waals surface area (Å²) in [6.45, 7) is 5.82. The first kappa shape index (κ1) is 26.3. The van der Waals surface area contributed by atoms with Crippen LogP contribution in [0.2, 0.25) is 0 Å². The monoisotopic (exact) mass is 523 g/mol. The molecule has 5 rings (SSSR count). The number of benzene rings is 1. The predicted octanol–water partition coefficient (Wildman–Crippen LogP) is 4.82. The zero-order chi connectivity index (χ0) is 27.4. The minimum Gasteiger partial charge on any atom is -0.426 e. The SMILES string of the molecule is C[C@@H]1CC2C3CCC4=CC(=O)C=CC4(C)C3C(O)CC2(C)C1C(=O)COC(=O)Oc1ccc([N+](=O)[O-])cc1. The highest BCUT2D eigenvalue weighted by Crippen LogP contribution is 2.67. The van der Waals surface area contributed by atoms with Gasteiger partial charge in [0, 0.05) is 29.4 Å². The van der Waals surface area contributed by atoms with Gasteiger partial charge in [0.15, 0.2) is 18.2 Å². The molecule has 1 aromatic carbocycles. The van der Waals surface area contributed by atoms with Crippen molar-refractivity contribution in [3.63, 3.8) is 0 Å². The van der Waals surface area contributed by atoms with E-state index >= 15 is 0 Å². The van der Waals surface area contributed by atoms with E-state index in [0.29, 0.717) is 6.42 Å². The average Bonchev–Trinajstić information content (AvgIpc) is 3.12. The fraction of sp³-hybridized carbons (Fsp3) is 0.552. The second kappa shape index (κ2) is 9.45. The van der Waals surface area contributed by atoms with Gasteiger partial charge in [-0.05, 0) is 73.1 Å². The van der Waals surface area contributed by atoms with Crippen LogP contribution >= 0.6 is 0 Å². The van der Waals surface area contributed by atoms with Gasteiger partial charge in [-0.25, -0.2) is 4.79 Å². The van der Waals surface area contributed by atoms with Crippen LogP contribution in [0.4, 0.5) is 10.5 Å². The van der Waals surface area contributed by atoms with E-state index < -0.39 is 29.2 Å². The van der Waals surface area contributed by atoms with E-state index in [1.54, 1.807) is 12.2 Å². The van der Waals surface area contributed by atoms with E-state index in [4.69, 9.17) is 9.47 Å². The highest BCUT2D eigenvalue weighted by molar-refractivity contribution is 6.01. The van der Waals surface area contributed by atoms with Crippen LogP contribution in [0.15, 0.2) is 48.1 Å². The molecule has 0 saturated heterocycles. The Morgan fingerprint density at radius 3 is 2.61 bits per heavy atom. The van der Waals surface area contributed by atoms with Crippen LogP contribution in [-0.2, 0) is 14.3 Å². The van der Waals surface area contributed by atoms with Crippen molar-refractivity contribution >= 4 is 23.4 Å². The maximum atomic E-state index is 13.4. The van der Waals surface area contributed by atoms with E-state index in [0.717, 1.165) is 24.8 Å². The van der Waals surface area contributed by atoms with Crippen LogP contribution in [0.1, 0.15) is 46.5 Å². The molecule has 0 heterocycles. The van der Waals surface area contributed by atoms with Crippen molar-refractivity contribution in [2.75, 3.05) is 6.61 Å². The van der Waals surface area contributed by atoms with Crippen molar-refractivity contribution in [3.8, 4) is 5.75 Å². The number of nitro groups is 1. The largest absolute Gasteiger partial charge is 0.514 e. The third kappa shape index (κ3) is 4.26. The second-order valence-corrected chi connectivity index (χ2v) is 11.8. The number of ether oxygens (including phenoxy) is 2. The van der Waals surface area contributed by atoms with Crippen molar-refractivity contribution in [1.82, 2.24) is 0 Å². The van der Waals surface area contributed by atoms with Crippen molar-refractivity contribution in [2.24, 2.45) is 40.4 Å². The maximum absolute atomic E-state index is 13.4. The molecule has 3 saturated carbocycles. The average molecular weight is 524 g/mol. The number of carbonyl (C=O) groups is 3. The molecule has 4 aliphatic carbocycles. The zero-order valence-corrected chi connectivity index (χ0v) is 21.8. The smallest absolute Gasteiger partial charge is 0.426 e. The number of aliphatic hydroxyl groups excluding tert-OH is 1. The highest BCUT2D eigenvalue weighted by atomic mass is 16.7. The number of non-ortho nitro benzene ring substituents is 1. The Kier molecular flexibility index (Phi) is 6.54. The first-order valence-electron chi connectivity index (χ1n) is 13.2. The van der Waals surface area contributed by atoms with Crippen molar-refractivity contribution < 1.29 is 33.9 Å². The summed E-state index contributed by atoms with van der Waals surface area (Å²) < 4.78 is 10.2. The normalized spacial score (nSPS) is 37.4. The molecule has 202 valence electrons. The number of Topliss-reactive ketones (excluding diaryl/α,β-unsaturated/α-hetero) is 1. The standard InChI is InChI=1S/C29H33NO8/c1-16-12-22-21-9-4-17-13-19(31)10-11-28(17,2)26(21)23(32)14-29(22,3)25(16)24(33)15-37-27(34)38-20-7-5-18(6-8-20)30(35)36/h5-8,10-11,13,16,21-23,25-26,32H,4,9,12,14-15H2,1-3H3/t16-,21?,22?,23?,25?,26?,28?,29?/m1/s1. The van der Waals surface area contributed by atoms with Gasteiger partial charge in [-0.15, -0.1) is 0 Å². The fourth-order valence-corrected chi connectivity index (χ4v) is 8.36. The Balaban J connectivity index is 1.27. The van der Waals surface area contributed by atoms with Gasteiger partial charge in [0.2, 0.25) is 0 Å². The maximum Gasteiger partial charge on any atom is 0.514 e. The van der Waals surface area contributed by atoms with Gasteiger partial charge >= 0.3 is 6.16 Å². The number of rotatable bonds is 5. The Hall–Kier alpha value is -3.33. The van der Waals surface area contributed by atoms with E-state index in [-0.39, 0.29) is 58.0 Å². The number of carbonyl (C=O) groups excluding carboxylic acids is 3. The lowest BCUT2D eigenvalue weighted by atomic mass is 9.46. The van der Waals surface area contributed by atoms with E-state index in [1.807, 2.05) is 6.08 Å². The molecule has 7 unspecified atom stereocenters. The van der Waals surface area contributed by atoms with Gasteiger partial charge in [-0.3, -0.25) is 19.7 Å². The summed E-state index contributed by atoms with van der Waals surface area (Å²) in [6.07, 6.45) is 6.63. The molecular weight excluding hydrogens is 490 g/mol. The Morgan fingerprint density at radius 1 is 1.21 bits per heavy atom. The second-order valence-electron chi connectivity index (χ2n) is 11.8. The van der Waals surface area contributed by atoms with Crippen molar-refractivity contribution in [1.29, 1.82) is 0 Å². The van der Waals surface area contributed by atoms with Gasteiger partial charge in [-0.2, -0.15) is 0 Å². The number of aliphatic hydroxyl groups is 1. The lowest BCUT2D eigenvalue weighted by molar-refractivity contribution is -0.384. The van der Waals surface area contributed by atoms with Gasteiger partial charge in [0.1, 0.15) is 5.75 Å². The molecule has 9 nitrogen and oxygen atoms in total. The zero-order valence-electron chi connectivity index (χ0n) is 21.8. The number of nitro benzene ring substituents is 1. The molecule has 38 heavy (non-hydrogen) atoms. The molecular formula is C29H33NO8. The third-order valence-electron chi connectivity index (χ3n) is 9.76. The molecule has 0 aliphatic heterocycles. The third-order valence-corrected chi connectivity index (χ3v) is 9.76. The van der Waals surface area contributed by atoms with Gasteiger partial charge in [0.25, 0.3) is 5.69 Å². The van der Waals surface area contributed by atoms with Crippen LogP contribution in [0, 0.1) is 50.5 Å². The minimum absolute atomic E-state index is 0.00156. The molecule has 9 heteroatoms. The summed E-state index contributed by atoms with van der Waals surface area (Å²) in [5.74, 6) is 0.00741. The van der Waals surface area contributed by atoms with Gasteiger partial charge < -0.3 is 14.6 Å². The number of nitrogens with zero attached hydrogens (tertiary/aromatic N) is 1. The molecule has 0 bridgehead atoms. The van der Waals surface area contributed by atoms with Gasteiger partial charge in [-0.1, -0.05) is 32.4 Å². The fourth-order valence-electron chi connectivity index (χ4n) is 8.36.